The Morgan fingerprint density at radius 1 is 1.17 bits per heavy atom. The third-order valence-corrected chi connectivity index (χ3v) is 7.28. The summed E-state index contributed by atoms with van der Waals surface area (Å²) < 4.78 is 10.7. The normalized spacial score (nSPS) is 32.7. The van der Waals surface area contributed by atoms with Crippen LogP contribution in [0.25, 0.3) is 0 Å². The SMILES string of the molecule is CCOC(=O)c1c(C)[nH]c(C(=O)[C@@H](C)OC(=O)C23C[C@@H]4C[C@@H](CC(O)(C4)C2)C3)c1C. The molecule has 0 amide bonds. The molecule has 4 saturated carbocycles. The van der Waals surface area contributed by atoms with E-state index in [1.807, 2.05) is 0 Å². The van der Waals surface area contributed by atoms with Gasteiger partial charge in [-0.15, -0.1) is 0 Å². The summed E-state index contributed by atoms with van der Waals surface area (Å²) >= 11 is 0. The fourth-order valence-corrected chi connectivity index (χ4v) is 6.50. The first-order chi connectivity index (χ1) is 14.1. The van der Waals surface area contributed by atoms with E-state index in [2.05, 4.69) is 4.98 Å². The number of carbonyl (C=O) groups excluding carboxylic acids is 3. The van der Waals surface area contributed by atoms with Crippen LogP contribution in [0.2, 0.25) is 0 Å². The molecule has 7 nitrogen and oxygen atoms in total. The first-order valence-electron chi connectivity index (χ1n) is 10.9. The Morgan fingerprint density at radius 3 is 2.37 bits per heavy atom. The molecule has 0 aliphatic heterocycles. The van der Waals surface area contributed by atoms with E-state index in [0.29, 0.717) is 35.1 Å². The van der Waals surface area contributed by atoms with E-state index < -0.39 is 23.1 Å². The molecule has 30 heavy (non-hydrogen) atoms. The third kappa shape index (κ3) is 3.37. The van der Waals surface area contributed by atoms with E-state index in [1.54, 1.807) is 27.7 Å². The van der Waals surface area contributed by atoms with Crippen LogP contribution in [0.15, 0.2) is 0 Å². The number of aromatic amines is 1. The average molecular weight is 418 g/mol. The van der Waals surface area contributed by atoms with Crippen LogP contribution in [0.5, 0.6) is 0 Å². The van der Waals surface area contributed by atoms with Gasteiger partial charge in [0.05, 0.1) is 28.9 Å². The van der Waals surface area contributed by atoms with Crippen molar-refractivity contribution in [2.75, 3.05) is 6.61 Å². The number of H-pyrrole nitrogens is 1. The summed E-state index contributed by atoms with van der Waals surface area (Å²) in [5, 5.41) is 10.9. The van der Waals surface area contributed by atoms with Gasteiger partial charge in [0.2, 0.25) is 5.78 Å². The molecule has 4 bridgehead atoms. The maximum absolute atomic E-state index is 13.2. The molecular formula is C23H31NO6. The van der Waals surface area contributed by atoms with Crippen LogP contribution in [0.4, 0.5) is 0 Å². The van der Waals surface area contributed by atoms with Crippen molar-refractivity contribution >= 4 is 17.7 Å². The number of hydrogen-bond donors (Lipinski definition) is 2. The van der Waals surface area contributed by atoms with Gasteiger partial charge < -0.3 is 19.6 Å². The van der Waals surface area contributed by atoms with Crippen molar-refractivity contribution in [1.29, 1.82) is 0 Å². The Kier molecular flexibility index (Phi) is 5.08. The monoisotopic (exact) mass is 417 g/mol. The van der Waals surface area contributed by atoms with Crippen LogP contribution in [-0.2, 0) is 14.3 Å². The Hall–Kier alpha value is -2.15. The first-order valence-corrected chi connectivity index (χ1v) is 10.9. The molecule has 5 atom stereocenters. The molecular weight excluding hydrogens is 386 g/mol. The predicted molar refractivity (Wildman–Crippen MR) is 108 cm³/mol. The van der Waals surface area contributed by atoms with Gasteiger partial charge in [0, 0.05) is 5.69 Å². The van der Waals surface area contributed by atoms with Crippen molar-refractivity contribution in [3.63, 3.8) is 0 Å². The summed E-state index contributed by atoms with van der Waals surface area (Å²) in [5.41, 5.74) is 0.225. The van der Waals surface area contributed by atoms with Crippen LogP contribution in [0, 0.1) is 31.1 Å². The largest absolute Gasteiger partial charge is 0.462 e. The topological polar surface area (TPSA) is 106 Å². The van der Waals surface area contributed by atoms with Crippen molar-refractivity contribution in [2.24, 2.45) is 17.3 Å². The van der Waals surface area contributed by atoms with Crippen molar-refractivity contribution in [2.45, 2.75) is 77.9 Å². The van der Waals surface area contributed by atoms with Crippen LogP contribution in [-0.4, -0.2) is 46.1 Å². The number of aromatic nitrogens is 1. The second-order valence-electron chi connectivity index (χ2n) is 9.72. The highest BCUT2D eigenvalue weighted by atomic mass is 16.5. The molecule has 0 aromatic carbocycles. The Morgan fingerprint density at radius 2 is 1.80 bits per heavy atom. The molecule has 0 radical (unpaired) electrons. The van der Waals surface area contributed by atoms with Gasteiger partial charge in [-0.05, 0) is 83.6 Å². The molecule has 164 valence electrons. The molecule has 7 heteroatoms. The second-order valence-corrected chi connectivity index (χ2v) is 9.72. The molecule has 4 aliphatic rings. The molecule has 1 aromatic rings. The van der Waals surface area contributed by atoms with Crippen LogP contribution in [0.1, 0.15) is 84.5 Å². The van der Waals surface area contributed by atoms with Crippen LogP contribution < -0.4 is 0 Å². The molecule has 0 spiro atoms. The number of rotatable bonds is 6. The number of esters is 2. The highest BCUT2D eigenvalue weighted by molar-refractivity contribution is 6.04. The van der Waals surface area contributed by atoms with E-state index in [1.165, 1.54) is 0 Å². The highest BCUT2D eigenvalue weighted by Crippen LogP contribution is 2.62. The summed E-state index contributed by atoms with van der Waals surface area (Å²) in [7, 11) is 0. The first kappa shape index (κ1) is 21.1. The molecule has 0 saturated heterocycles. The van der Waals surface area contributed by atoms with Gasteiger partial charge in [-0.2, -0.15) is 0 Å². The van der Waals surface area contributed by atoms with Crippen molar-refractivity contribution < 1.29 is 29.0 Å². The number of nitrogens with one attached hydrogen (secondary N) is 1. The van der Waals surface area contributed by atoms with Crippen LogP contribution in [0.3, 0.4) is 0 Å². The van der Waals surface area contributed by atoms with E-state index in [4.69, 9.17) is 9.47 Å². The van der Waals surface area contributed by atoms with Crippen molar-refractivity contribution in [3.05, 3.63) is 22.5 Å². The van der Waals surface area contributed by atoms with Gasteiger partial charge in [-0.25, -0.2) is 4.79 Å². The summed E-state index contributed by atoms with van der Waals surface area (Å²) in [5.74, 6) is -0.509. The summed E-state index contributed by atoms with van der Waals surface area (Å²) in [6, 6.07) is 0. The van der Waals surface area contributed by atoms with E-state index in [0.717, 1.165) is 32.1 Å². The maximum atomic E-state index is 13.2. The average Bonchev–Trinajstić information content (AvgIpc) is 2.93. The Labute approximate surface area is 176 Å². The number of Topliss-reactive ketones (excluding diaryl/α,β-unsaturated/α-hetero) is 1. The Balaban J connectivity index is 1.50. The number of carbonyl (C=O) groups is 3. The zero-order valence-corrected chi connectivity index (χ0v) is 18.2. The molecule has 1 aromatic heterocycles. The second kappa shape index (κ2) is 7.22. The number of aliphatic hydroxyl groups is 1. The predicted octanol–water partition coefficient (Wildman–Crippen LogP) is 3.25. The fraction of sp³-hybridized carbons (Fsp3) is 0.696. The molecule has 4 aliphatic carbocycles. The lowest BCUT2D eigenvalue weighted by Gasteiger charge is -2.58. The summed E-state index contributed by atoms with van der Waals surface area (Å²) in [6.45, 7) is 6.93. The molecule has 1 heterocycles. The van der Waals surface area contributed by atoms with Gasteiger partial charge in [0.15, 0.2) is 6.10 Å². The maximum Gasteiger partial charge on any atom is 0.340 e. The van der Waals surface area contributed by atoms with Crippen molar-refractivity contribution in [3.8, 4) is 0 Å². The Bertz CT molecular complexity index is 886. The van der Waals surface area contributed by atoms with Gasteiger partial charge >= 0.3 is 11.9 Å². The zero-order chi connectivity index (χ0) is 21.8. The van der Waals surface area contributed by atoms with E-state index in [-0.39, 0.29) is 24.1 Å². The number of ether oxygens (including phenoxy) is 2. The lowest BCUT2D eigenvalue weighted by Crippen LogP contribution is -2.58. The number of ketones is 1. The lowest BCUT2D eigenvalue weighted by molar-refractivity contribution is -0.198. The standard InChI is InChI=1S/C23H31NO6/c1-5-29-20(26)17-12(2)18(24-13(17)3)19(25)14(4)30-21(27)22-7-15-6-16(8-22)10-23(28,9-15)11-22/h14-16,24,28H,5-11H2,1-4H3/t14-,15-,16+,22?,23?/m1/s1. The quantitative estimate of drug-likeness (QED) is 0.544. The van der Waals surface area contributed by atoms with Gasteiger partial charge in [-0.1, -0.05) is 0 Å². The van der Waals surface area contributed by atoms with Crippen LogP contribution >= 0.6 is 0 Å². The van der Waals surface area contributed by atoms with E-state index in [9.17, 15) is 19.5 Å². The highest BCUT2D eigenvalue weighted by Gasteiger charge is 2.61. The minimum Gasteiger partial charge on any atom is -0.462 e. The molecule has 2 unspecified atom stereocenters. The molecule has 4 fully saturated rings. The van der Waals surface area contributed by atoms with Crippen molar-refractivity contribution in [1.82, 2.24) is 4.98 Å². The molecule has 5 rings (SSSR count). The van der Waals surface area contributed by atoms with E-state index >= 15 is 0 Å². The van der Waals surface area contributed by atoms with Gasteiger partial charge in [-0.3, -0.25) is 9.59 Å². The zero-order valence-electron chi connectivity index (χ0n) is 18.2. The summed E-state index contributed by atoms with van der Waals surface area (Å²) in [4.78, 5) is 41.4. The third-order valence-electron chi connectivity index (χ3n) is 7.28. The molecule has 2 N–H and O–H groups in total. The fourth-order valence-electron chi connectivity index (χ4n) is 6.50. The summed E-state index contributed by atoms with van der Waals surface area (Å²) in [6.07, 6.45) is 3.53. The smallest absolute Gasteiger partial charge is 0.340 e. The van der Waals surface area contributed by atoms with Gasteiger partial charge in [0.1, 0.15) is 0 Å². The lowest BCUT2D eigenvalue weighted by atomic mass is 9.48. The number of hydrogen-bond acceptors (Lipinski definition) is 6. The van der Waals surface area contributed by atoms with Gasteiger partial charge in [0.25, 0.3) is 0 Å². The number of aryl methyl sites for hydroxylation is 1. The minimum absolute atomic E-state index is 0.247. The minimum atomic E-state index is -0.980.